The van der Waals surface area contributed by atoms with E-state index in [2.05, 4.69) is 9.97 Å². The van der Waals surface area contributed by atoms with Gasteiger partial charge >= 0.3 is 11.9 Å². The predicted octanol–water partition coefficient (Wildman–Crippen LogP) is 1.85. The van der Waals surface area contributed by atoms with Gasteiger partial charge in [-0.25, -0.2) is 14.8 Å². The van der Waals surface area contributed by atoms with Crippen LogP contribution in [0.2, 0.25) is 0 Å². The van der Waals surface area contributed by atoms with Crippen LogP contribution in [0.4, 0.5) is 11.5 Å². The summed E-state index contributed by atoms with van der Waals surface area (Å²) in [6, 6.07) is 7.67. The third-order valence-corrected chi connectivity index (χ3v) is 5.25. The van der Waals surface area contributed by atoms with Crippen molar-refractivity contribution < 1.29 is 23.9 Å². The molecule has 3 rings (SSSR count). The first-order valence-electron chi connectivity index (χ1n) is 9.42. The van der Waals surface area contributed by atoms with Crippen molar-refractivity contribution in [1.29, 1.82) is 0 Å². The maximum Gasteiger partial charge on any atom is 0.343 e. The van der Waals surface area contributed by atoms with E-state index in [0.29, 0.717) is 6.54 Å². The molecule has 0 fully saturated rings. The SMILES string of the molecule is CCOC(=O)c1cnc(SCC(=O)O[C@@H](C)C(=O)N2CCc3ccccc32)nc1N. The number of thioether (sulfide) groups is 1. The van der Waals surface area contributed by atoms with Gasteiger partial charge in [0.05, 0.1) is 12.4 Å². The molecule has 10 heteroatoms. The summed E-state index contributed by atoms with van der Waals surface area (Å²) in [4.78, 5) is 46.2. The van der Waals surface area contributed by atoms with E-state index in [4.69, 9.17) is 15.2 Å². The lowest BCUT2D eigenvalue weighted by atomic mass is 10.2. The fourth-order valence-corrected chi connectivity index (χ4v) is 3.61. The molecule has 1 atom stereocenters. The van der Waals surface area contributed by atoms with Crippen molar-refractivity contribution in [2.75, 3.05) is 29.5 Å². The van der Waals surface area contributed by atoms with E-state index in [1.165, 1.54) is 6.20 Å². The zero-order valence-electron chi connectivity index (χ0n) is 16.7. The predicted molar refractivity (Wildman–Crippen MR) is 111 cm³/mol. The summed E-state index contributed by atoms with van der Waals surface area (Å²) in [7, 11) is 0. The summed E-state index contributed by atoms with van der Waals surface area (Å²) in [6.07, 6.45) is 1.12. The molecular formula is C20H22N4O5S. The molecule has 1 amide bonds. The number of fused-ring (bicyclic) bond motifs is 1. The van der Waals surface area contributed by atoms with Gasteiger partial charge in [-0.2, -0.15) is 0 Å². The van der Waals surface area contributed by atoms with Gasteiger partial charge in [0.1, 0.15) is 11.4 Å². The van der Waals surface area contributed by atoms with Gasteiger partial charge in [-0.05, 0) is 31.9 Å². The highest BCUT2D eigenvalue weighted by Crippen LogP contribution is 2.28. The van der Waals surface area contributed by atoms with Crippen molar-refractivity contribution in [3.63, 3.8) is 0 Å². The van der Waals surface area contributed by atoms with Gasteiger partial charge in [0, 0.05) is 18.4 Å². The van der Waals surface area contributed by atoms with Gasteiger partial charge in [0.15, 0.2) is 11.3 Å². The van der Waals surface area contributed by atoms with Crippen molar-refractivity contribution >= 4 is 41.1 Å². The van der Waals surface area contributed by atoms with Gasteiger partial charge in [-0.1, -0.05) is 30.0 Å². The van der Waals surface area contributed by atoms with E-state index in [1.807, 2.05) is 24.3 Å². The summed E-state index contributed by atoms with van der Waals surface area (Å²) in [6.45, 7) is 4.00. The van der Waals surface area contributed by atoms with Crippen LogP contribution in [-0.2, 0) is 25.5 Å². The molecule has 0 saturated carbocycles. The lowest BCUT2D eigenvalue weighted by Gasteiger charge is -2.21. The molecule has 0 spiro atoms. The number of carbonyl (C=O) groups is 3. The van der Waals surface area contributed by atoms with Crippen LogP contribution < -0.4 is 10.6 Å². The average molecular weight is 430 g/mol. The van der Waals surface area contributed by atoms with Crippen LogP contribution >= 0.6 is 11.8 Å². The number of ether oxygens (including phenoxy) is 2. The van der Waals surface area contributed by atoms with Crippen LogP contribution in [0.1, 0.15) is 29.8 Å². The monoisotopic (exact) mass is 430 g/mol. The number of amides is 1. The van der Waals surface area contributed by atoms with Crippen molar-refractivity contribution in [2.45, 2.75) is 31.5 Å². The molecule has 0 unspecified atom stereocenters. The van der Waals surface area contributed by atoms with Gasteiger partial charge in [-0.15, -0.1) is 0 Å². The minimum absolute atomic E-state index is 0.0319. The number of aromatic nitrogens is 2. The van der Waals surface area contributed by atoms with Gasteiger partial charge in [0.25, 0.3) is 5.91 Å². The van der Waals surface area contributed by atoms with E-state index in [1.54, 1.807) is 18.7 Å². The third-order valence-electron chi connectivity index (χ3n) is 4.42. The molecule has 0 aliphatic carbocycles. The van der Waals surface area contributed by atoms with E-state index in [-0.39, 0.29) is 34.8 Å². The number of para-hydroxylation sites is 1. The van der Waals surface area contributed by atoms with E-state index in [0.717, 1.165) is 29.4 Å². The van der Waals surface area contributed by atoms with E-state index < -0.39 is 18.0 Å². The second-order valence-electron chi connectivity index (χ2n) is 6.46. The summed E-state index contributed by atoms with van der Waals surface area (Å²) >= 11 is 0.997. The molecule has 0 saturated heterocycles. The molecule has 2 heterocycles. The number of rotatable bonds is 7. The Labute approximate surface area is 178 Å². The Morgan fingerprint density at radius 1 is 1.30 bits per heavy atom. The molecule has 0 bridgehead atoms. The zero-order valence-corrected chi connectivity index (χ0v) is 17.5. The van der Waals surface area contributed by atoms with Crippen molar-refractivity contribution in [1.82, 2.24) is 9.97 Å². The van der Waals surface area contributed by atoms with Crippen molar-refractivity contribution in [3.05, 3.63) is 41.6 Å². The number of carbonyl (C=O) groups excluding carboxylic acids is 3. The van der Waals surface area contributed by atoms with Crippen LogP contribution in [0.5, 0.6) is 0 Å². The Morgan fingerprint density at radius 2 is 2.07 bits per heavy atom. The molecule has 1 aromatic carbocycles. The minimum atomic E-state index is -0.915. The molecular weight excluding hydrogens is 408 g/mol. The summed E-state index contributed by atoms with van der Waals surface area (Å²) in [5.74, 6) is -1.59. The Hall–Kier alpha value is -3.14. The zero-order chi connectivity index (χ0) is 21.7. The Bertz CT molecular complexity index is 968. The fourth-order valence-electron chi connectivity index (χ4n) is 3.01. The first-order chi connectivity index (χ1) is 14.4. The lowest BCUT2D eigenvalue weighted by molar-refractivity contribution is -0.151. The highest BCUT2D eigenvalue weighted by molar-refractivity contribution is 7.99. The highest BCUT2D eigenvalue weighted by Gasteiger charge is 2.29. The molecule has 1 aliphatic heterocycles. The molecule has 2 aromatic rings. The number of nitrogen functional groups attached to an aromatic ring is 1. The molecule has 1 aliphatic rings. The summed E-state index contributed by atoms with van der Waals surface area (Å²) in [5.41, 5.74) is 7.77. The lowest BCUT2D eigenvalue weighted by Crippen LogP contribution is -2.39. The average Bonchev–Trinajstić information content (AvgIpc) is 3.16. The maximum absolute atomic E-state index is 12.7. The smallest absolute Gasteiger partial charge is 0.343 e. The quantitative estimate of drug-likeness (QED) is 0.398. The van der Waals surface area contributed by atoms with Crippen molar-refractivity contribution in [2.24, 2.45) is 0 Å². The molecule has 158 valence electrons. The number of nitrogens with zero attached hydrogens (tertiary/aromatic N) is 3. The van der Waals surface area contributed by atoms with Gasteiger partial charge in [0.2, 0.25) is 0 Å². The molecule has 2 N–H and O–H groups in total. The topological polar surface area (TPSA) is 125 Å². The van der Waals surface area contributed by atoms with E-state index >= 15 is 0 Å². The van der Waals surface area contributed by atoms with Crippen LogP contribution in [0.15, 0.2) is 35.6 Å². The first kappa shape index (κ1) is 21.6. The number of nitrogens with two attached hydrogens (primary N) is 1. The fraction of sp³-hybridized carbons (Fsp3) is 0.350. The number of hydrogen-bond acceptors (Lipinski definition) is 9. The number of benzene rings is 1. The van der Waals surface area contributed by atoms with Gasteiger partial charge < -0.3 is 20.1 Å². The van der Waals surface area contributed by atoms with E-state index in [9.17, 15) is 14.4 Å². The molecule has 0 radical (unpaired) electrons. The molecule has 30 heavy (non-hydrogen) atoms. The number of anilines is 2. The van der Waals surface area contributed by atoms with Crippen LogP contribution in [-0.4, -0.2) is 52.8 Å². The normalized spacial score (nSPS) is 13.5. The molecule has 9 nitrogen and oxygen atoms in total. The summed E-state index contributed by atoms with van der Waals surface area (Å²) in [5, 5.41) is 0.213. The maximum atomic E-state index is 12.7. The van der Waals surface area contributed by atoms with Crippen LogP contribution in [0.3, 0.4) is 0 Å². The molecule has 1 aromatic heterocycles. The van der Waals surface area contributed by atoms with Crippen LogP contribution in [0, 0.1) is 0 Å². The largest absolute Gasteiger partial charge is 0.462 e. The Morgan fingerprint density at radius 3 is 2.80 bits per heavy atom. The standard InChI is InChI=1S/C20H22N4O5S/c1-3-28-19(27)14-10-22-20(23-17(14)21)30-11-16(25)29-12(2)18(26)24-9-8-13-6-4-5-7-15(13)24/h4-7,10,12H,3,8-9,11H2,1-2H3,(H2,21,22,23)/t12-/m0/s1. The Balaban J connectivity index is 1.53. The second kappa shape index (κ2) is 9.57. The summed E-state index contributed by atoms with van der Waals surface area (Å²) < 4.78 is 10.1. The van der Waals surface area contributed by atoms with Crippen molar-refractivity contribution in [3.8, 4) is 0 Å². The van der Waals surface area contributed by atoms with Crippen LogP contribution in [0.25, 0.3) is 0 Å². The number of esters is 2. The Kier molecular flexibility index (Phi) is 6.88. The third kappa shape index (κ3) is 4.88. The second-order valence-corrected chi connectivity index (χ2v) is 7.40. The minimum Gasteiger partial charge on any atom is -0.462 e. The first-order valence-corrected chi connectivity index (χ1v) is 10.4. The number of hydrogen-bond donors (Lipinski definition) is 1. The highest BCUT2D eigenvalue weighted by atomic mass is 32.2. The van der Waals surface area contributed by atoms with Gasteiger partial charge in [-0.3, -0.25) is 9.59 Å².